The summed E-state index contributed by atoms with van der Waals surface area (Å²) in [5.41, 5.74) is 1.40. The third-order valence-electron chi connectivity index (χ3n) is 4.65. The largest absolute Gasteiger partial charge is 0.441 e. The first-order chi connectivity index (χ1) is 14.0. The number of carbonyl (C=O) groups excluding carboxylic acids is 1. The highest BCUT2D eigenvalue weighted by Crippen LogP contribution is 2.24. The molecule has 0 saturated carbocycles. The van der Waals surface area contributed by atoms with Gasteiger partial charge >= 0.3 is 0 Å². The van der Waals surface area contributed by atoms with Gasteiger partial charge in [0.2, 0.25) is 11.8 Å². The molecule has 0 bridgehead atoms. The van der Waals surface area contributed by atoms with Crippen molar-refractivity contribution in [3.8, 4) is 11.5 Å². The molecule has 0 radical (unpaired) electrons. The molecular formula is C20H26ClN3O4S. The number of morpholine rings is 1. The molecule has 1 N–H and O–H groups in total. The number of nitrogens with zero attached hydrogens (tertiary/aromatic N) is 2. The fourth-order valence-corrected chi connectivity index (χ4v) is 4.23. The van der Waals surface area contributed by atoms with Crippen molar-refractivity contribution in [2.24, 2.45) is 0 Å². The number of rotatable bonds is 9. The number of ether oxygens (including phenoxy) is 1. The second-order valence-corrected chi connectivity index (χ2v) is 8.81. The van der Waals surface area contributed by atoms with Crippen molar-refractivity contribution >= 4 is 28.3 Å². The highest BCUT2D eigenvalue weighted by atomic mass is 35.5. The van der Waals surface area contributed by atoms with Crippen LogP contribution in [0.3, 0.4) is 0 Å². The van der Waals surface area contributed by atoms with Gasteiger partial charge in [0.25, 0.3) is 0 Å². The van der Waals surface area contributed by atoms with Crippen LogP contribution in [0.25, 0.3) is 11.5 Å². The van der Waals surface area contributed by atoms with Crippen LogP contribution in [0.2, 0.25) is 5.02 Å². The Morgan fingerprint density at radius 2 is 2.00 bits per heavy atom. The lowest BCUT2D eigenvalue weighted by atomic mass is 10.2. The number of oxazole rings is 1. The van der Waals surface area contributed by atoms with Crippen LogP contribution in [0.5, 0.6) is 0 Å². The van der Waals surface area contributed by atoms with Crippen molar-refractivity contribution in [1.82, 2.24) is 15.2 Å². The number of hydrogen-bond donors (Lipinski definition) is 1. The summed E-state index contributed by atoms with van der Waals surface area (Å²) in [6.45, 7) is 6.71. The molecule has 1 aromatic carbocycles. The van der Waals surface area contributed by atoms with Gasteiger partial charge in [-0.2, -0.15) is 0 Å². The number of nitrogens with one attached hydrogen (secondary N) is 1. The summed E-state index contributed by atoms with van der Waals surface area (Å²) >= 11 is 5.90. The molecule has 1 amide bonds. The average Bonchev–Trinajstić information content (AvgIpc) is 3.07. The van der Waals surface area contributed by atoms with E-state index < -0.39 is 10.8 Å². The summed E-state index contributed by atoms with van der Waals surface area (Å²) in [5, 5.41) is 3.48. The van der Waals surface area contributed by atoms with Crippen molar-refractivity contribution in [1.29, 1.82) is 0 Å². The van der Waals surface area contributed by atoms with E-state index in [1.165, 1.54) is 0 Å². The van der Waals surface area contributed by atoms with Gasteiger partial charge in [-0.15, -0.1) is 0 Å². The van der Waals surface area contributed by atoms with Crippen molar-refractivity contribution in [3.63, 3.8) is 0 Å². The van der Waals surface area contributed by atoms with Gasteiger partial charge in [-0.3, -0.25) is 13.9 Å². The summed E-state index contributed by atoms with van der Waals surface area (Å²) in [6.07, 6.45) is 0.866. The first-order valence-corrected chi connectivity index (χ1v) is 11.5. The lowest BCUT2D eigenvalue weighted by Gasteiger charge is -2.26. The van der Waals surface area contributed by atoms with Gasteiger partial charge in [0.05, 0.1) is 24.7 Å². The molecule has 7 nitrogen and oxygen atoms in total. The minimum atomic E-state index is -1.35. The van der Waals surface area contributed by atoms with E-state index in [4.69, 9.17) is 20.8 Å². The van der Waals surface area contributed by atoms with Crippen molar-refractivity contribution < 1.29 is 18.2 Å². The number of carbonyl (C=O) groups is 1. The lowest BCUT2D eigenvalue weighted by Crippen LogP contribution is -2.38. The molecule has 0 aliphatic carbocycles. The van der Waals surface area contributed by atoms with E-state index in [1.54, 1.807) is 19.1 Å². The van der Waals surface area contributed by atoms with E-state index in [0.29, 0.717) is 28.9 Å². The molecule has 1 saturated heterocycles. The predicted octanol–water partition coefficient (Wildman–Crippen LogP) is 2.39. The fraction of sp³-hybridized carbons (Fsp3) is 0.500. The summed E-state index contributed by atoms with van der Waals surface area (Å²) in [5.74, 6) is 1.00. The van der Waals surface area contributed by atoms with Crippen LogP contribution in [0.4, 0.5) is 0 Å². The Labute approximate surface area is 178 Å². The maximum atomic E-state index is 12.4. The Morgan fingerprint density at radius 3 is 2.72 bits per heavy atom. The van der Waals surface area contributed by atoms with E-state index in [-0.39, 0.29) is 17.4 Å². The van der Waals surface area contributed by atoms with Crippen LogP contribution < -0.4 is 5.32 Å². The summed E-state index contributed by atoms with van der Waals surface area (Å²) in [4.78, 5) is 18.8. The molecular weight excluding hydrogens is 414 g/mol. The quantitative estimate of drug-likeness (QED) is 0.604. The highest BCUT2D eigenvalue weighted by Gasteiger charge is 2.16. The van der Waals surface area contributed by atoms with Gasteiger partial charge in [0.1, 0.15) is 11.5 Å². The molecule has 1 aliphatic heterocycles. The van der Waals surface area contributed by atoms with Gasteiger partial charge in [0, 0.05) is 41.0 Å². The van der Waals surface area contributed by atoms with Crippen LogP contribution in [0, 0.1) is 6.92 Å². The maximum Gasteiger partial charge on any atom is 0.232 e. The molecule has 1 atom stereocenters. The molecule has 1 fully saturated rings. The third-order valence-corrected chi connectivity index (χ3v) is 6.08. The molecule has 2 aromatic rings. The van der Waals surface area contributed by atoms with Gasteiger partial charge in [-0.25, -0.2) is 4.98 Å². The second-order valence-electron chi connectivity index (χ2n) is 6.91. The number of halogens is 1. The minimum Gasteiger partial charge on any atom is -0.441 e. The molecule has 29 heavy (non-hydrogen) atoms. The number of aromatic nitrogens is 1. The number of benzene rings is 1. The lowest BCUT2D eigenvalue weighted by molar-refractivity contribution is -0.118. The molecule has 3 rings (SSSR count). The summed E-state index contributed by atoms with van der Waals surface area (Å²) in [7, 11) is -1.35. The molecule has 0 spiro atoms. The van der Waals surface area contributed by atoms with E-state index in [9.17, 15) is 9.00 Å². The third kappa shape index (κ3) is 6.92. The first-order valence-electron chi connectivity index (χ1n) is 9.65. The maximum absolute atomic E-state index is 12.4. The molecule has 2 heterocycles. The number of amides is 1. The smallest absolute Gasteiger partial charge is 0.232 e. The predicted molar refractivity (Wildman–Crippen MR) is 113 cm³/mol. The second kappa shape index (κ2) is 10.9. The average molecular weight is 440 g/mol. The van der Waals surface area contributed by atoms with Crippen molar-refractivity contribution in [2.45, 2.75) is 19.1 Å². The Morgan fingerprint density at radius 1 is 1.28 bits per heavy atom. The molecule has 1 unspecified atom stereocenters. The van der Waals surface area contributed by atoms with Crippen LogP contribution in [0.1, 0.15) is 17.9 Å². The minimum absolute atomic E-state index is 0.0415. The molecule has 9 heteroatoms. The Kier molecular flexibility index (Phi) is 8.23. The Bertz CT molecular complexity index is 835. The first kappa shape index (κ1) is 22.0. The number of aryl methyl sites for hydroxylation is 1. The normalized spacial score (nSPS) is 15.9. The summed E-state index contributed by atoms with van der Waals surface area (Å²) < 4.78 is 23.4. The Hall–Kier alpha value is -1.74. The van der Waals surface area contributed by atoms with E-state index in [1.807, 2.05) is 12.1 Å². The zero-order chi connectivity index (χ0) is 20.6. The fourth-order valence-electron chi connectivity index (χ4n) is 3.03. The Balaban J connectivity index is 1.41. The SMILES string of the molecule is Cc1oc(-c2ccc(Cl)cc2)nc1CS(=O)CC(=O)NCCCN1CCOCC1. The topological polar surface area (TPSA) is 84.7 Å². The van der Waals surface area contributed by atoms with Gasteiger partial charge in [0.15, 0.2) is 0 Å². The van der Waals surface area contributed by atoms with Gasteiger partial charge in [-0.1, -0.05) is 11.6 Å². The monoisotopic (exact) mass is 439 g/mol. The zero-order valence-electron chi connectivity index (χ0n) is 16.5. The zero-order valence-corrected chi connectivity index (χ0v) is 18.1. The molecule has 158 valence electrons. The molecule has 1 aromatic heterocycles. The van der Waals surface area contributed by atoms with E-state index >= 15 is 0 Å². The molecule has 1 aliphatic rings. The van der Waals surface area contributed by atoms with E-state index in [2.05, 4.69) is 15.2 Å². The van der Waals surface area contributed by atoms with Crippen LogP contribution >= 0.6 is 11.6 Å². The summed E-state index contributed by atoms with van der Waals surface area (Å²) in [6, 6.07) is 7.16. The van der Waals surface area contributed by atoms with E-state index in [0.717, 1.165) is 44.8 Å². The van der Waals surface area contributed by atoms with Crippen LogP contribution in [-0.2, 0) is 26.1 Å². The standard InChI is InChI=1S/C20H26ClN3O4S/c1-15-18(23-20(28-15)16-3-5-17(21)6-4-16)13-29(26)14-19(25)22-7-2-8-24-9-11-27-12-10-24/h3-6H,2,7-14H2,1H3,(H,22,25). The van der Waals surface area contributed by atoms with Gasteiger partial charge < -0.3 is 14.5 Å². The number of hydrogen-bond acceptors (Lipinski definition) is 6. The van der Waals surface area contributed by atoms with Crippen LogP contribution in [0.15, 0.2) is 28.7 Å². The van der Waals surface area contributed by atoms with Crippen LogP contribution in [-0.4, -0.2) is 65.1 Å². The highest BCUT2D eigenvalue weighted by molar-refractivity contribution is 7.84. The van der Waals surface area contributed by atoms with Crippen molar-refractivity contribution in [3.05, 3.63) is 40.7 Å². The van der Waals surface area contributed by atoms with Gasteiger partial charge in [-0.05, 0) is 44.2 Å². The van der Waals surface area contributed by atoms with Crippen molar-refractivity contribution in [2.75, 3.05) is 45.1 Å².